The van der Waals surface area contributed by atoms with E-state index in [1.165, 1.54) is 4.88 Å². The number of benzene rings is 1. The molecule has 3 heterocycles. The van der Waals surface area contributed by atoms with E-state index in [1.807, 2.05) is 50.4 Å². The summed E-state index contributed by atoms with van der Waals surface area (Å²) in [6, 6.07) is 18.4. The number of rotatable bonds is 5. The summed E-state index contributed by atoms with van der Waals surface area (Å²) < 4.78 is 5.77. The van der Waals surface area contributed by atoms with Gasteiger partial charge in [0.05, 0.1) is 23.9 Å². The van der Waals surface area contributed by atoms with Crippen molar-refractivity contribution >= 4 is 34.4 Å². The van der Waals surface area contributed by atoms with E-state index in [9.17, 15) is 0 Å². The van der Waals surface area contributed by atoms with Gasteiger partial charge in [-0.3, -0.25) is 4.98 Å². The highest BCUT2D eigenvalue weighted by atomic mass is 32.1. The molecule has 0 aliphatic carbocycles. The number of ether oxygens (including phenoxy) is 1. The number of aromatic nitrogens is 1. The Morgan fingerprint density at radius 1 is 1.11 bits per heavy atom. The molecule has 0 radical (unpaired) electrons. The molecular weight excluding hydrogens is 374 g/mol. The van der Waals surface area contributed by atoms with Crippen molar-refractivity contribution in [3.05, 3.63) is 76.7 Å². The highest BCUT2D eigenvalue weighted by molar-refractivity contribution is 7.80. The van der Waals surface area contributed by atoms with Gasteiger partial charge in [0.15, 0.2) is 5.11 Å². The summed E-state index contributed by atoms with van der Waals surface area (Å²) in [4.78, 5) is 8.00. The Morgan fingerprint density at radius 3 is 2.56 bits per heavy atom. The SMILES string of the molecule is CC(C)Oc1ccc(N2C(=S)NC(c3ccccn3)C2c2cccs2)cc1. The number of hydrogen-bond donors (Lipinski definition) is 1. The summed E-state index contributed by atoms with van der Waals surface area (Å²) in [6.07, 6.45) is 1.98. The second kappa shape index (κ2) is 7.66. The number of nitrogens with one attached hydrogen (secondary N) is 1. The third-order valence-electron chi connectivity index (χ3n) is 4.42. The van der Waals surface area contributed by atoms with Crippen LogP contribution in [0.4, 0.5) is 5.69 Å². The monoisotopic (exact) mass is 395 g/mol. The Hall–Kier alpha value is -2.44. The summed E-state index contributed by atoms with van der Waals surface area (Å²) in [5, 5.41) is 6.29. The topological polar surface area (TPSA) is 37.4 Å². The maximum atomic E-state index is 5.77. The quantitative estimate of drug-likeness (QED) is 0.608. The molecule has 27 heavy (non-hydrogen) atoms. The first-order valence-corrected chi connectivity index (χ1v) is 10.2. The number of pyridine rings is 1. The molecule has 1 aliphatic rings. The van der Waals surface area contributed by atoms with Crippen molar-refractivity contribution in [2.45, 2.75) is 32.0 Å². The van der Waals surface area contributed by atoms with E-state index >= 15 is 0 Å². The first-order chi connectivity index (χ1) is 13.1. The van der Waals surface area contributed by atoms with Crippen molar-refractivity contribution < 1.29 is 4.74 Å². The molecule has 2 unspecified atom stereocenters. The summed E-state index contributed by atoms with van der Waals surface area (Å²) >= 11 is 7.45. The predicted molar refractivity (Wildman–Crippen MR) is 114 cm³/mol. The lowest BCUT2D eigenvalue weighted by molar-refractivity contribution is 0.242. The minimum atomic E-state index is 0.00365. The third-order valence-corrected chi connectivity index (χ3v) is 5.68. The Bertz CT molecular complexity index is 895. The fraction of sp³-hybridized carbons (Fsp3) is 0.238. The highest BCUT2D eigenvalue weighted by Crippen LogP contribution is 2.43. The van der Waals surface area contributed by atoms with Crippen LogP contribution in [0.25, 0.3) is 0 Å². The number of thiophene rings is 1. The van der Waals surface area contributed by atoms with Crippen LogP contribution < -0.4 is 15.0 Å². The molecule has 1 fully saturated rings. The van der Waals surface area contributed by atoms with Gasteiger partial charge in [0.25, 0.3) is 0 Å². The van der Waals surface area contributed by atoms with Gasteiger partial charge >= 0.3 is 0 Å². The fourth-order valence-electron chi connectivity index (χ4n) is 3.34. The molecule has 1 saturated heterocycles. The minimum Gasteiger partial charge on any atom is -0.491 e. The van der Waals surface area contributed by atoms with Crippen molar-refractivity contribution in [3.63, 3.8) is 0 Å². The van der Waals surface area contributed by atoms with Gasteiger partial charge in [-0.05, 0) is 73.9 Å². The molecule has 1 aromatic carbocycles. The molecule has 4 rings (SSSR count). The van der Waals surface area contributed by atoms with E-state index in [-0.39, 0.29) is 18.2 Å². The molecular formula is C21H21N3OS2. The van der Waals surface area contributed by atoms with E-state index in [1.54, 1.807) is 11.3 Å². The van der Waals surface area contributed by atoms with Crippen molar-refractivity contribution in [2.24, 2.45) is 0 Å². The molecule has 4 nitrogen and oxygen atoms in total. The summed E-state index contributed by atoms with van der Waals surface area (Å²) in [5.41, 5.74) is 2.03. The molecule has 2 aromatic heterocycles. The van der Waals surface area contributed by atoms with E-state index in [0.717, 1.165) is 17.1 Å². The molecule has 6 heteroatoms. The van der Waals surface area contributed by atoms with Crippen LogP contribution in [0, 0.1) is 0 Å². The zero-order chi connectivity index (χ0) is 18.8. The van der Waals surface area contributed by atoms with Crippen LogP contribution in [-0.2, 0) is 0 Å². The van der Waals surface area contributed by atoms with Crippen LogP contribution >= 0.6 is 23.6 Å². The molecule has 1 N–H and O–H groups in total. The first kappa shape index (κ1) is 17.9. The van der Waals surface area contributed by atoms with Crippen molar-refractivity contribution in [1.29, 1.82) is 0 Å². The van der Waals surface area contributed by atoms with Crippen molar-refractivity contribution in [2.75, 3.05) is 4.90 Å². The van der Waals surface area contributed by atoms with E-state index < -0.39 is 0 Å². The predicted octanol–water partition coefficient (Wildman–Crippen LogP) is 5.11. The van der Waals surface area contributed by atoms with E-state index in [4.69, 9.17) is 17.0 Å². The minimum absolute atomic E-state index is 0.00365. The Morgan fingerprint density at radius 2 is 1.93 bits per heavy atom. The lowest BCUT2D eigenvalue weighted by atomic mass is 10.0. The fourth-order valence-corrected chi connectivity index (χ4v) is 4.54. The van der Waals surface area contributed by atoms with Crippen LogP contribution in [0.15, 0.2) is 66.2 Å². The zero-order valence-corrected chi connectivity index (χ0v) is 16.8. The molecule has 0 bridgehead atoms. The Balaban J connectivity index is 1.71. The van der Waals surface area contributed by atoms with Gasteiger partial charge in [-0.1, -0.05) is 12.1 Å². The molecule has 3 aromatic rings. The average molecular weight is 396 g/mol. The van der Waals surface area contributed by atoms with Gasteiger partial charge in [-0.15, -0.1) is 11.3 Å². The van der Waals surface area contributed by atoms with Gasteiger partial charge in [0.2, 0.25) is 0 Å². The molecule has 0 amide bonds. The second-order valence-corrected chi connectivity index (χ2v) is 8.04. The third kappa shape index (κ3) is 3.68. The normalized spacial score (nSPS) is 19.4. The number of thiocarbonyl (C=S) groups is 1. The maximum absolute atomic E-state index is 5.77. The Labute approximate surface area is 168 Å². The zero-order valence-electron chi connectivity index (χ0n) is 15.2. The molecule has 0 spiro atoms. The summed E-state index contributed by atoms with van der Waals surface area (Å²) in [5.74, 6) is 0.862. The smallest absolute Gasteiger partial charge is 0.174 e. The number of hydrogen-bond acceptors (Lipinski definition) is 4. The lowest BCUT2D eigenvalue weighted by Crippen LogP contribution is -2.29. The summed E-state index contributed by atoms with van der Waals surface area (Å²) in [7, 11) is 0. The average Bonchev–Trinajstić information content (AvgIpc) is 3.30. The molecule has 2 atom stereocenters. The van der Waals surface area contributed by atoms with Crippen LogP contribution in [0.5, 0.6) is 5.75 Å². The lowest BCUT2D eigenvalue weighted by Gasteiger charge is -2.27. The Kier molecular flexibility index (Phi) is 5.09. The van der Waals surface area contributed by atoms with E-state index in [0.29, 0.717) is 5.11 Å². The number of nitrogens with zero attached hydrogens (tertiary/aromatic N) is 2. The van der Waals surface area contributed by atoms with Gasteiger partial charge in [-0.25, -0.2) is 0 Å². The standard InChI is InChI=1S/C21H21N3OS2/c1-14(2)25-16-10-8-15(9-11-16)24-20(18-7-5-13-27-18)19(23-21(24)26)17-6-3-4-12-22-17/h3-14,19-20H,1-2H3,(H,23,26). The van der Waals surface area contributed by atoms with E-state index in [2.05, 4.69) is 44.8 Å². The van der Waals surface area contributed by atoms with Gasteiger partial charge in [0.1, 0.15) is 5.75 Å². The van der Waals surface area contributed by atoms with Crippen molar-refractivity contribution in [1.82, 2.24) is 10.3 Å². The second-order valence-electron chi connectivity index (χ2n) is 6.67. The molecule has 1 aliphatic heterocycles. The van der Waals surface area contributed by atoms with Crippen LogP contribution in [-0.4, -0.2) is 16.2 Å². The summed E-state index contributed by atoms with van der Waals surface area (Å²) in [6.45, 7) is 4.05. The molecule has 0 saturated carbocycles. The largest absolute Gasteiger partial charge is 0.491 e. The van der Waals surface area contributed by atoms with Crippen LogP contribution in [0.2, 0.25) is 0 Å². The van der Waals surface area contributed by atoms with Gasteiger partial charge in [0, 0.05) is 16.8 Å². The molecule has 138 valence electrons. The first-order valence-electron chi connectivity index (χ1n) is 8.94. The maximum Gasteiger partial charge on any atom is 0.174 e. The number of anilines is 1. The van der Waals surface area contributed by atoms with Crippen LogP contribution in [0.1, 0.15) is 36.5 Å². The van der Waals surface area contributed by atoms with Crippen molar-refractivity contribution in [3.8, 4) is 5.75 Å². The highest BCUT2D eigenvalue weighted by Gasteiger charge is 2.41. The van der Waals surface area contributed by atoms with Crippen LogP contribution in [0.3, 0.4) is 0 Å². The van der Waals surface area contributed by atoms with Gasteiger partial charge in [-0.2, -0.15) is 0 Å². The van der Waals surface area contributed by atoms with Gasteiger partial charge < -0.3 is 15.0 Å².